The van der Waals surface area contributed by atoms with Crippen molar-refractivity contribution in [3.05, 3.63) is 469 Å². The zero-order valence-corrected chi connectivity index (χ0v) is 62.4. The van der Waals surface area contributed by atoms with Crippen molar-refractivity contribution in [2.75, 3.05) is 0 Å². The Morgan fingerprint density at radius 2 is 0.539 bits per heavy atom. The molecule has 5 heterocycles. The van der Waals surface area contributed by atoms with E-state index in [-0.39, 0.29) is 0 Å². The molecule has 17 aromatic carbocycles. The third-order valence-corrected chi connectivity index (χ3v) is 22.9. The second-order valence-electron chi connectivity index (χ2n) is 29.3. The topological polar surface area (TPSA) is 83.2 Å². The molecule has 0 aliphatic carbocycles. The van der Waals surface area contributed by atoms with Gasteiger partial charge < -0.3 is 13.9 Å². The Hall–Kier alpha value is -15.2. The molecule has 22 rings (SSSR count). The first-order chi connectivity index (χ1) is 57.0. The van der Waals surface area contributed by atoms with Crippen molar-refractivity contribution < 1.29 is 13.9 Å². The zero-order chi connectivity index (χ0) is 76.2. The van der Waals surface area contributed by atoms with Gasteiger partial charge in [0.2, 0.25) is 0 Å². The van der Waals surface area contributed by atoms with Crippen molar-refractivity contribution in [3.63, 3.8) is 0 Å². The molecule has 0 unspecified atom stereocenters. The van der Waals surface area contributed by atoms with Crippen molar-refractivity contribution in [3.8, 4) is 113 Å². The summed E-state index contributed by atoms with van der Waals surface area (Å²) in [6.07, 6.45) is 0. The molecule has 540 valence electrons. The first-order valence-electron chi connectivity index (χ1n) is 39.0. The summed E-state index contributed by atoms with van der Waals surface area (Å²) in [6, 6.07) is 149. The zero-order valence-electron chi connectivity index (χ0n) is 62.4. The number of para-hydroxylation sites is 5. The van der Waals surface area contributed by atoms with Gasteiger partial charge in [-0.3, -0.25) is 0 Å². The highest BCUT2D eigenvalue weighted by Gasteiger charge is 2.48. The summed E-state index contributed by atoms with van der Waals surface area (Å²) in [6.45, 7) is 0. The van der Waals surface area contributed by atoms with Gasteiger partial charge in [-0.25, -0.2) is 19.9 Å². The predicted molar refractivity (Wildman–Crippen MR) is 467 cm³/mol. The molecule has 7 nitrogen and oxygen atoms in total. The van der Waals surface area contributed by atoms with Crippen LogP contribution in [0.5, 0.6) is 23.0 Å². The maximum absolute atomic E-state index is 6.66. The Kier molecular flexibility index (Phi) is 16.9. The van der Waals surface area contributed by atoms with Gasteiger partial charge in [0.15, 0.2) is 11.6 Å². The molecule has 0 saturated carbocycles. The van der Waals surface area contributed by atoms with Crippen molar-refractivity contribution in [1.82, 2.24) is 19.9 Å². The normalized spacial score (nSPS) is 12.8. The Morgan fingerprint density at radius 3 is 1.06 bits per heavy atom. The maximum atomic E-state index is 6.66. The summed E-state index contributed by atoms with van der Waals surface area (Å²) >= 11 is 0. The summed E-state index contributed by atoms with van der Waals surface area (Å²) in [7, 11) is 0. The highest BCUT2D eigenvalue weighted by molar-refractivity contribution is 6.09. The van der Waals surface area contributed by atoms with Crippen LogP contribution in [0.4, 0.5) is 0 Å². The summed E-state index contributed by atoms with van der Waals surface area (Å²) < 4.78 is 19.6. The van der Waals surface area contributed by atoms with Crippen LogP contribution in [-0.2, 0) is 10.8 Å². The smallest absolute Gasteiger partial charge is 0.160 e. The van der Waals surface area contributed by atoms with E-state index in [0.717, 1.165) is 162 Å². The van der Waals surface area contributed by atoms with Crippen molar-refractivity contribution in [2.45, 2.75) is 10.8 Å². The second-order valence-corrected chi connectivity index (χ2v) is 29.3. The van der Waals surface area contributed by atoms with E-state index in [1.54, 1.807) is 0 Å². The van der Waals surface area contributed by atoms with Gasteiger partial charge in [-0.15, -0.1) is 0 Å². The molecular weight excluding hydrogens is 1400 g/mol. The van der Waals surface area contributed by atoms with E-state index >= 15 is 0 Å². The van der Waals surface area contributed by atoms with Crippen molar-refractivity contribution in [1.29, 1.82) is 0 Å². The molecular formula is C108H70N4O3. The van der Waals surface area contributed by atoms with Gasteiger partial charge in [0, 0.05) is 66.4 Å². The Labute approximate surface area is 666 Å². The molecule has 0 amide bonds. The van der Waals surface area contributed by atoms with Crippen molar-refractivity contribution in [2.24, 2.45) is 0 Å². The van der Waals surface area contributed by atoms with Crippen LogP contribution in [0, 0.1) is 0 Å². The summed E-state index contributed by atoms with van der Waals surface area (Å²) in [5.41, 5.74) is 23.1. The molecule has 7 heteroatoms. The van der Waals surface area contributed by atoms with E-state index < -0.39 is 10.8 Å². The Balaban J connectivity index is 0.000000144. The van der Waals surface area contributed by atoms with Crippen LogP contribution in [0.2, 0.25) is 0 Å². The fourth-order valence-electron chi connectivity index (χ4n) is 17.8. The van der Waals surface area contributed by atoms with E-state index in [1.807, 2.05) is 66.7 Å². The number of hydrogen-bond acceptors (Lipinski definition) is 7. The average Bonchev–Trinajstić information content (AvgIpc) is 0.720. The highest BCUT2D eigenvalue weighted by atomic mass is 16.5. The van der Waals surface area contributed by atoms with E-state index in [9.17, 15) is 0 Å². The maximum Gasteiger partial charge on any atom is 0.160 e. The summed E-state index contributed by atoms with van der Waals surface area (Å²) in [5, 5.41) is 7.04. The van der Waals surface area contributed by atoms with E-state index in [1.165, 1.54) is 27.1 Å². The molecule has 2 aliphatic heterocycles. The number of fused-ring (bicyclic) bond motifs is 10. The van der Waals surface area contributed by atoms with Crippen LogP contribution < -0.4 is 9.47 Å². The lowest BCUT2D eigenvalue weighted by Gasteiger charge is -2.42. The van der Waals surface area contributed by atoms with Crippen molar-refractivity contribution >= 4 is 43.5 Å². The molecule has 2 aliphatic rings. The number of hydrogen-bond donors (Lipinski definition) is 0. The first kappa shape index (κ1) is 67.9. The fraction of sp³-hybridized carbons (Fsp3) is 0.0185. The number of nitrogens with zero attached hydrogens (tertiary/aromatic N) is 4. The molecule has 20 aromatic rings. The number of ether oxygens (including phenoxy) is 2. The largest absolute Gasteiger partial charge is 0.457 e. The summed E-state index contributed by atoms with van der Waals surface area (Å²) in [5.74, 6) is 4.71. The molecule has 0 bridgehead atoms. The number of aromatic nitrogens is 4. The highest BCUT2D eigenvalue weighted by Crippen LogP contribution is 2.60. The van der Waals surface area contributed by atoms with Gasteiger partial charge in [-0.2, -0.15) is 0 Å². The lowest BCUT2D eigenvalue weighted by Crippen LogP contribution is -2.34. The van der Waals surface area contributed by atoms with Gasteiger partial charge in [0.05, 0.1) is 33.6 Å². The minimum Gasteiger partial charge on any atom is -0.457 e. The number of benzene rings is 17. The monoisotopic (exact) mass is 1470 g/mol. The molecule has 0 N–H and O–H groups in total. The first-order valence-corrected chi connectivity index (χ1v) is 39.0. The standard InChI is InChI=1S/C55H36N2O.C53H34N2O2/c1-3-18-38(19-4-1)54-56-50(40-33-34-43-39(35-40)32-31-37-17-7-8-22-42(37)43)36-51(57-54)46-25-10-9-23-44(46)45-24-11-12-26-47(45)55(41-20-5-2-6-21-41)48-27-13-15-29-52(48)58-53-30-16-14-28-49(53)55;1-3-17-35(18-4-1)46-34-47(55-52(54-46)36-31-32-42-41-24-10-14-28-48(41)56-51(42)33-36)40-23-8-7-21-38(40)39-22-9-11-25-43(39)53(37-19-5-2-6-20-37)44-26-12-15-29-49(44)57-50-30-16-13-27-45(50)53/h1-36H;1-34H. The van der Waals surface area contributed by atoms with Gasteiger partial charge in [0.1, 0.15) is 34.2 Å². The Bertz CT molecular complexity index is 7030. The predicted octanol–water partition coefficient (Wildman–Crippen LogP) is 27.5. The van der Waals surface area contributed by atoms with Gasteiger partial charge >= 0.3 is 0 Å². The lowest BCUT2D eigenvalue weighted by atomic mass is 9.62. The van der Waals surface area contributed by atoms with Crippen LogP contribution >= 0.6 is 0 Å². The molecule has 0 atom stereocenters. The van der Waals surface area contributed by atoms with Gasteiger partial charge in [-0.1, -0.05) is 364 Å². The molecule has 0 fully saturated rings. The minimum atomic E-state index is -0.690. The third-order valence-electron chi connectivity index (χ3n) is 22.9. The fourth-order valence-corrected chi connectivity index (χ4v) is 17.8. The quantitative estimate of drug-likeness (QED) is 0.113. The van der Waals surface area contributed by atoms with Crippen LogP contribution in [0.1, 0.15) is 44.5 Å². The average molecular weight is 1470 g/mol. The third kappa shape index (κ3) is 11.7. The Morgan fingerprint density at radius 1 is 0.191 bits per heavy atom. The second kappa shape index (κ2) is 28.6. The van der Waals surface area contributed by atoms with E-state index in [0.29, 0.717) is 11.6 Å². The van der Waals surface area contributed by atoms with Gasteiger partial charge in [-0.05, 0) is 127 Å². The minimum absolute atomic E-state index is 0.629. The SMILES string of the molecule is c1ccc(-c2cc(-c3ccccc3-c3ccccc3C3(c4ccccc4)c4ccccc4Oc4ccccc43)nc(-c3ccc4c(c3)oc3ccccc34)n2)cc1.c1ccc(-c2nc(-c3ccc4c(ccc5ccccc54)c3)cc(-c3ccccc3-c3ccccc3C3(c4ccccc4)c4ccccc4Oc4ccccc43)n2)cc1. The van der Waals surface area contributed by atoms with E-state index in [4.69, 9.17) is 33.8 Å². The van der Waals surface area contributed by atoms with Crippen LogP contribution in [-0.4, -0.2) is 19.9 Å². The molecule has 0 spiro atoms. The molecule has 0 radical (unpaired) electrons. The molecule has 3 aromatic heterocycles. The van der Waals surface area contributed by atoms with Crippen LogP contribution in [0.15, 0.2) is 429 Å². The number of rotatable bonds is 12. The summed E-state index contributed by atoms with van der Waals surface area (Å²) in [4.78, 5) is 21.1. The van der Waals surface area contributed by atoms with Crippen LogP contribution in [0.25, 0.3) is 134 Å². The van der Waals surface area contributed by atoms with E-state index in [2.05, 4.69) is 358 Å². The molecule has 0 saturated heterocycles. The van der Waals surface area contributed by atoms with Crippen LogP contribution in [0.3, 0.4) is 0 Å². The lowest BCUT2D eigenvalue weighted by molar-refractivity contribution is 0.434. The molecule has 115 heavy (non-hydrogen) atoms. The number of furan rings is 1. The van der Waals surface area contributed by atoms with Gasteiger partial charge in [0.25, 0.3) is 0 Å².